The van der Waals surface area contributed by atoms with Crippen LogP contribution in [0, 0.1) is 0 Å². The fourth-order valence-electron chi connectivity index (χ4n) is 2.47. The molecule has 19 heavy (non-hydrogen) atoms. The lowest BCUT2D eigenvalue weighted by atomic mass is 10.1. The Balaban J connectivity index is 2.07. The lowest BCUT2D eigenvalue weighted by Crippen LogP contribution is -2.37. The molecule has 1 fully saturated rings. The standard InChI is InChI=1S/C14H21N3O2/c1-2-19-11-5-7-17(8-6-11)10-3-4-13(15)12(9-10)14(16)18/h3-4,9,11H,2,5-8,15H2,1H3,(H2,16,18). The Labute approximate surface area is 113 Å². The van der Waals surface area contributed by atoms with Crippen LogP contribution in [0.25, 0.3) is 0 Å². The number of nitrogens with two attached hydrogens (primary N) is 2. The number of rotatable bonds is 4. The van der Waals surface area contributed by atoms with Crippen molar-refractivity contribution in [2.45, 2.75) is 25.9 Å². The van der Waals surface area contributed by atoms with Gasteiger partial charge >= 0.3 is 0 Å². The molecule has 5 nitrogen and oxygen atoms in total. The summed E-state index contributed by atoms with van der Waals surface area (Å²) in [6, 6.07) is 5.45. The van der Waals surface area contributed by atoms with Gasteiger partial charge in [0.2, 0.25) is 0 Å². The number of primary amides is 1. The first kappa shape index (κ1) is 13.7. The van der Waals surface area contributed by atoms with E-state index in [4.69, 9.17) is 16.2 Å². The van der Waals surface area contributed by atoms with Crippen molar-refractivity contribution in [2.75, 3.05) is 30.3 Å². The summed E-state index contributed by atoms with van der Waals surface area (Å²) in [6.45, 7) is 4.63. The highest BCUT2D eigenvalue weighted by atomic mass is 16.5. The number of benzene rings is 1. The first-order chi connectivity index (χ1) is 9.11. The van der Waals surface area contributed by atoms with Crippen molar-refractivity contribution in [3.8, 4) is 0 Å². The second-order valence-electron chi connectivity index (χ2n) is 4.78. The van der Waals surface area contributed by atoms with Crippen molar-refractivity contribution in [1.29, 1.82) is 0 Å². The lowest BCUT2D eigenvalue weighted by molar-refractivity contribution is 0.0459. The molecule has 1 heterocycles. The van der Waals surface area contributed by atoms with E-state index in [0.717, 1.165) is 38.2 Å². The Morgan fingerprint density at radius 1 is 1.42 bits per heavy atom. The number of carbonyl (C=O) groups excluding carboxylic acids is 1. The quantitative estimate of drug-likeness (QED) is 0.804. The van der Waals surface area contributed by atoms with E-state index in [-0.39, 0.29) is 0 Å². The average molecular weight is 263 g/mol. The topological polar surface area (TPSA) is 81.6 Å². The van der Waals surface area contributed by atoms with Crippen LogP contribution in [-0.2, 0) is 4.74 Å². The highest BCUT2D eigenvalue weighted by Gasteiger charge is 2.20. The number of nitrogens with zero attached hydrogens (tertiary/aromatic N) is 1. The Morgan fingerprint density at radius 3 is 2.68 bits per heavy atom. The molecule has 104 valence electrons. The maximum Gasteiger partial charge on any atom is 0.250 e. The monoisotopic (exact) mass is 263 g/mol. The number of hydrogen-bond donors (Lipinski definition) is 2. The number of ether oxygens (including phenoxy) is 1. The molecular weight excluding hydrogens is 242 g/mol. The predicted octanol–water partition coefficient (Wildman–Crippen LogP) is 1.37. The maximum atomic E-state index is 11.3. The number of amides is 1. The van der Waals surface area contributed by atoms with Gasteiger partial charge in [-0.1, -0.05) is 0 Å². The molecule has 0 aromatic heterocycles. The number of piperidine rings is 1. The van der Waals surface area contributed by atoms with E-state index in [1.165, 1.54) is 0 Å². The molecular formula is C14H21N3O2. The van der Waals surface area contributed by atoms with Crippen LogP contribution in [-0.4, -0.2) is 31.7 Å². The van der Waals surface area contributed by atoms with E-state index in [1.807, 2.05) is 13.0 Å². The van der Waals surface area contributed by atoms with Crippen LogP contribution in [0.1, 0.15) is 30.1 Å². The maximum absolute atomic E-state index is 11.3. The van der Waals surface area contributed by atoms with Crippen LogP contribution in [0.4, 0.5) is 11.4 Å². The molecule has 1 aliphatic rings. The second-order valence-corrected chi connectivity index (χ2v) is 4.78. The van der Waals surface area contributed by atoms with Crippen LogP contribution < -0.4 is 16.4 Å². The largest absolute Gasteiger partial charge is 0.398 e. The summed E-state index contributed by atoms with van der Waals surface area (Å²) in [7, 11) is 0. The molecule has 1 aliphatic heterocycles. The SMILES string of the molecule is CCOC1CCN(c2ccc(N)c(C(N)=O)c2)CC1. The van der Waals surface area contributed by atoms with Crippen LogP contribution in [0.15, 0.2) is 18.2 Å². The summed E-state index contributed by atoms with van der Waals surface area (Å²) in [5.41, 5.74) is 12.9. The van der Waals surface area contributed by atoms with Crippen molar-refractivity contribution in [3.05, 3.63) is 23.8 Å². The van der Waals surface area contributed by atoms with Gasteiger partial charge in [0, 0.05) is 31.1 Å². The highest BCUT2D eigenvalue weighted by Crippen LogP contribution is 2.25. The highest BCUT2D eigenvalue weighted by molar-refractivity contribution is 5.99. The average Bonchev–Trinajstić information content (AvgIpc) is 2.40. The first-order valence-corrected chi connectivity index (χ1v) is 6.67. The van der Waals surface area contributed by atoms with Crippen LogP contribution in [0.3, 0.4) is 0 Å². The number of nitrogen functional groups attached to an aromatic ring is 1. The zero-order chi connectivity index (χ0) is 13.8. The van der Waals surface area contributed by atoms with E-state index >= 15 is 0 Å². The summed E-state index contributed by atoms with van der Waals surface area (Å²) in [6.07, 6.45) is 2.36. The van der Waals surface area contributed by atoms with E-state index in [0.29, 0.717) is 17.4 Å². The van der Waals surface area contributed by atoms with Crippen molar-refractivity contribution < 1.29 is 9.53 Å². The van der Waals surface area contributed by atoms with Gasteiger partial charge in [-0.25, -0.2) is 0 Å². The van der Waals surface area contributed by atoms with Crippen molar-refractivity contribution in [1.82, 2.24) is 0 Å². The molecule has 5 heteroatoms. The van der Waals surface area contributed by atoms with Gasteiger partial charge < -0.3 is 21.1 Å². The minimum atomic E-state index is -0.483. The van der Waals surface area contributed by atoms with Crippen molar-refractivity contribution in [2.24, 2.45) is 5.73 Å². The first-order valence-electron chi connectivity index (χ1n) is 6.67. The Hall–Kier alpha value is -1.75. The van der Waals surface area contributed by atoms with Crippen LogP contribution >= 0.6 is 0 Å². The summed E-state index contributed by atoms with van der Waals surface area (Å²) < 4.78 is 5.63. The predicted molar refractivity (Wildman–Crippen MR) is 76.2 cm³/mol. The molecule has 1 saturated heterocycles. The summed E-state index contributed by atoms with van der Waals surface area (Å²) in [5.74, 6) is -0.483. The van der Waals surface area contributed by atoms with E-state index in [2.05, 4.69) is 4.90 Å². The van der Waals surface area contributed by atoms with Gasteiger partial charge in [0.1, 0.15) is 0 Å². The van der Waals surface area contributed by atoms with Gasteiger partial charge in [-0.15, -0.1) is 0 Å². The van der Waals surface area contributed by atoms with Crippen LogP contribution in [0.5, 0.6) is 0 Å². The van der Waals surface area contributed by atoms with E-state index in [9.17, 15) is 4.79 Å². The van der Waals surface area contributed by atoms with E-state index in [1.54, 1.807) is 12.1 Å². The van der Waals surface area contributed by atoms with Gasteiger partial charge in [0.25, 0.3) is 5.91 Å². The molecule has 1 amide bonds. The second kappa shape index (κ2) is 5.93. The van der Waals surface area contributed by atoms with Crippen LogP contribution in [0.2, 0.25) is 0 Å². The molecule has 0 bridgehead atoms. The minimum Gasteiger partial charge on any atom is -0.398 e. The summed E-state index contributed by atoms with van der Waals surface area (Å²) >= 11 is 0. The lowest BCUT2D eigenvalue weighted by Gasteiger charge is -2.33. The third-order valence-corrected chi connectivity index (χ3v) is 3.51. The Bertz CT molecular complexity index is 454. The summed E-state index contributed by atoms with van der Waals surface area (Å²) in [5, 5.41) is 0. The molecule has 0 radical (unpaired) electrons. The molecule has 0 spiro atoms. The normalized spacial score (nSPS) is 16.6. The molecule has 0 unspecified atom stereocenters. The minimum absolute atomic E-state index is 0.352. The zero-order valence-corrected chi connectivity index (χ0v) is 11.3. The molecule has 2 rings (SSSR count). The number of anilines is 2. The third-order valence-electron chi connectivity index (χ3n) is 3.51. The van der Waals surface area contributed by atoms with Gasteiger partial charge in [0.15, 0.2) is 0 Å². The molecule has 0 saturated carbocycles. The van der Waals surface area contributed by atoms with Crippen molar-refractivity contribution in [3.63, 3.8) is 0 Å². The van der Waals surface area contributed by atoms with Gasteiger partial charge in [-0.2, -0.15) is 0 Å². The number of carbonyl (C=O) groups is 1. The van der Waals surface area contributed by atoms with Gasteiger partial charge in [0.05, 0.1) is 11.7 Å². The fourth-order valence-corrected chi connectivity index (χ4v) is 2.47. The fraction of sp³-hybridized carbons (Fsp3) is 0.500. The molecule has 0 aliphatic carbocycles. The smallest absolute Gasteiger partial charge is 0.250 e. The van der Waals surface area contributed by atoms with Gasteiger partial charge in [-0.3, -0.25) is 4.79 Å². The third kappa shape index (κ3) is 3.17. The molecule has 0 atom stereocenters. The van der Waals surface area contributed by atoms with E-state index < -0.39 is 5.91 Å². The molecule has 1 aromatic rings. The summed E-state index contributed by atoms with van der Waals surface area (Å²) in [4.78, 5) is 13.5. The zero-order valence-electron chi connectivity index (χ0n) is 11.3. The Morgan fingerprint density at radius 2 is 2.11 bits per heavy atom. The number of hydrogen-bond acceptors (Lipinski definition) is 4. The van der Waals surface area contributed by atoms with Crippen molar-refractivity contribution >= 4 is 17.3 Å². The molecule has 4 N–H and O–H groups in total. The Kier molecular flexibility index (Phi) is 4.27. The van der Waals surface area contributed by atoms with Gasteiger partial charge in [-0.05, 0) is 38.0 Å². The molecule has 1 aromatic carbocycles.